The van der Waals surface area contributed by atoms with Crippen LogP contribution in [0.1, 0.15) is 27.7 Å². The second-order valence-electron chi connectivity index (χ2n) is 5.55. The van der Waals surface area contributed by atoms with Gasteiger partial charge in [0.05, 0.1) is 12.7 Å². The summed E-state index contributed by atoms with van der Waals surface area (Å²) in [6.07, 6.45) is 5.70. The molecule has 2 unspecified atom stereocenters. The summed E-state index contributed by atoms with van der Waals surface area (Å²) in [6, 6.07) is -0.194. The highest BCUT2D eigenvalue weighted by Gasteiger charge is 2.24. The Bertz CT molecular complexity index is 325. The summed E-state index contributed by atoms with van der Waals surface area (Å²) in [5, 5.41) is 0. The van der Waals surface area contributed by atoms with E-state index in [0.29, 0.717) is 12.6 Å². The summed E-state index contributed by atoms with van der Waals surface area (Å²) in [6.45, 7) is 10.5. The van der Waals surface area contributed by atoms with E-state index in [1.165, 1.54) is 0 Å². The lowest BCUT2D eigenvalue weighted by Crippen LogP contribution is -2.48. The van der Waals surface area contributed by atoms with Crippen LogP contribution >= 0.6 is 0 Å². The van der Waals surface area contributed by atoms with Gasteiger partial charge in [-0.25, -0.2) is 4.99 Å². The van der Waals surface area contributed by atoms with Crippen molar-refractivity contribution < 1.29 is 4.74 Å². The van der Waals surface area contributed by atoms with Crippen molar-refractivity contribution in [3.63, 3.8) is 0 Å². The molecule has 1 saturated heterocycles. The normalized spacial score (nSPS) is 24.3. The van der Waals surface area contributed by atoms with Gasteiger partial charge in [0, 0.05) is 13.1 Å². The van der Waals surface area contributed by atoms with Crippen LogP contribution in [-0.4, -0.2) is 42.7 Å². The highest BCUT2D eigenvalue weighted by atomic mass is 16.5. The number of guanidine groups is 1. The quantitative estimate of drug-likeness (QED) is 0.421. The molecule has 1 aliphatic heterocycles. The minimum Gasteiger partial charge on any atom is -0.375 e. The highest BCUT2D eigenvalue weighted by molar-refractivity contribution is 5.78. The average Bonchev–Trinajstić information content (AvgIpc) is 2.23. The summed E-state index contributed by atoms with van der Waals surface area (Å²) in [5.41, 5.74) is 5.94. The van der Waals surface area contributed by atoms with Crippen molar-refractivity contribution in [1.82, 2.24) is 4.90 Å². The van der Waals surface area contributed by atoms with Gasteiger partial charge in [-0.05, 0) is 12.3 Å². The molecule has 0 spiro atoms. The van der Waals surface area contributed by atoms with E-state index in [2.05, 4.69) is 31.7 Å². The van der Waals surface area contributed by atoms with E-state index < -0.39 is 0 Å². The van der Waals surface area contributed by atoms with Crippen molar-refractivity contribution in [1.29, 1.82) is 0 Å². The molecule has 1 aliphatic rings. The summed E-state index contributed by atoms with van der Waals surface area (Å²) < 4.78 is 5.46. The lowest BCUT2D eigenvalue weighted by molar-refractivity contribution is 0.00519. The second-order valence-corrected chi connectivity index (χ2v) is 5.55. The lowest BCUT2D eigenvalue weighted by Gasteiger charge is -2.33. The number of aliphatic imine (C=N–C) groups is 1. The van der Waals surface area contributed by atoms with Crippen LogP contribution in [0.5, 0.6) is 0 Å². The molecule has 0 aromatic rings. The number of terminal acetylenes is 1. The molecule has 17 heavy (non-hydrogen) atoms. The molecule has 0 aliphatic carbocycles. The molecule has 0 aromatic heterocycles. The minimum absolute atomic E-state index is 0.0721. The van der Waals surface area contributed by atoms with Crippen molar-refractivity contribution in [2.45, 2.75) is 39.8 Å². The maximum Gasteiger partial charge on any atom is 0.192 e. The zero-order valence-electron chi connectivity index (χ0n) is 11.2. The Morgan fingerprint density at radius 1 is 1.59 bits per heavy atom. The minimum atomic E-state index is -0.194. The zero-order valence-corrected chi connectivity index (χ0v) is 11.2. The van der Waals surface area contributed by atoms with Crippen molar-refractivity contribution in [3.8, 4) is 12.3 Å². The first kappa shape index (κ1) is 13.9. The van der Waals surface area contributed by atoms with Crippen LogP contribution in [0.2, 0.25) is 0 Å². The Morgan fingerprint density at radius 3 is 2.71 bits per heavy atom. The van der Waals surface area contributed by atoms with Gasteiger partial charge in [-0.15, -0.1) is 6.42 Å². The van der Waals surface area contributed by atoms with Crippen molar-refractivity contribution in [3.05, 3.63) is 0 Å². The van der Waals surface area contributed by atoms with Gasteiger partial charge in [-0.1, -0.05) is 26.7 Å². The standard InChI is InChI=1S/C13H23N3O/c1-6-11(13(3,4)5)15-12(14)16-7-8-17-10(2)9-16/h1,10-11H,7-9H2,2-5H3,(H2,14,15). The number of nitrogens with two attached hydrogens (primary N) is 1. The van der Waals surface area contributed by atoms with E-state index in [9.17, 15) is 0 Å². The van der Waals surface area contributed by atoms with Crippen LogP contribution in [0.25, 0.3) is 0 Å². The molecule has 2 N–H and O–H groups in total. The number of morpholine rings is 1. The molecule has 96 valence electrons. The van der Waals surface area contributed by atoms with Gasteiger partial charge in [0.25, 0.3) is 0 Å². The molecule has 4 heteroatoms. The van der Waals surface area contributed by atoms with Crippen molar-refractivity contribution in [2.75, 3.05) is 19.7 Å². The predicted octanol–water partition coefficient (Wildman–Crippen LogP) is 1.07. The molecule has 4 nitrogen and oxygen atoms in total. The fraction of sp³-hybridized carbons (Fsp3) is 0.769. The van der Waals surface area contributed by atoms with Gasteiger partial charge in [0.15, 0.2) is 5.96 Å². The van der Waals surface area contributed by atoms with Gasteiger partial charge in [0.2, 0.25) is 0 Å². The van der Waals surface area contributed by atoms with Gasteiger partial charge in [-0.3, -0.25) is 0 Å². The number of hydrogen-bond donors (Lipinski definition) is 1. The van der Waals surface area contributed by atoms with Crippen LogP contribution in [0.15, 0.2) is 4.99 Å². The molecular weight excluding hydrogens is 214 g/mol. The molecule has 1 rings (SSSR count). The average molecular weight is 237 g/mol. The smallest absolute Gasteiger partial charge is 0.192 e. The first-order valence-electron chi connectivity index (χ1n) is 6.00. The molecule has 0 aromatic carbocycles. The first-order valence-corrected chi connectivity index (χ1v) is 6.00. The van der Waals surface area contributed by atoms with Crippen LogP contribution in [0.3, 0.4) is 0 Å². The molecule has 0 radical (unpaired) electrons. The number of rotatable bonds is 1. The monoisotopic (exact) mass is 237 g/mol. The predicted molar refractivity (Wildman–Crippen MR) is 70.7 cm³/mol. The number of ether oxygens (including phenoxy) is 1. The zero-order chi connectivity index (χ0) is 13.1. The number of nitrogens with zero attached hydrogens (tertiary/aromatic N) is 2. The third kappa shape index (κ3) is 3.94. The Kier molecular flexibility index (Phi) is 4.41. The van der Waals surface area contributed by atoms with Gasteiger partial charge < -0.3 is 15.4 Å². The molecular formula is C13H23N3O. The van der Waals surface area contributed by atoms with Gasteiger partial charge in [0.1, 0.15) is 6.04 Å². The van der Waals surface area contributed by atoms with E-state index in [4.69, 9.17) is 16.9 Å². The Labute approximate surface area is 104 Å². The van der Waals surface area contributed by atoms with E-state index in [0.717, 1.165) is 13.1 Å². The third-order valence-electron chi connectivity index (χ3n) is 2.80. The second kappa shape index (κ2) is 5.42. The number of hydrogen-bond acceptors (Lipinski definition) is 2. The van der Waals surface area contributed by atoms with Crippen LogP contribution in [0, 0.1) is 17.8 Å². The molecule has 0 amide bonds. The van der Waals surface area contributed by atoms with Crippen molar-refractivity contribution in [2.24, 2.45) is 16.1 Å². The van der Waals surface area contributed by atoms with Crippen molar-refractivity contribution >= 4 is 5.96 Å². The topological polar surface area (TPSA) is 50.8 Å². The lowest BCUT2D eigenvalue weighted by atomic mass is 9.88. The summed E-state index contributed by atoms with van der Waals surface area (Å²) in [5.74, 6) is 3.22. The first-order chi connectivity index (χ1) is 7.84. The SMILES string of the molecule is C#CC(N=C(N)N1CCOC(C)C1)C(C)(C)C. The summed E-state index contributed by atoms with van der Waals surface area (Å²) in [7, 11) is 0. The van der Waals surface area contributed by atoms with E-state index in [-0.39, 0.29) is 17.6 Å². The molecule has 0 saturated carbocycles. The largest absolute Gasteiger partial charge is 0.375 e. The molecule has 1 fully saturated rings. The molecule has 0 bridgehead atoms. The van der Waals surface area contributed by atoms with E-state index in [1.807, 2.05) is 11.8 Å². The third-order valence-corrected chi connectivity index (χ3v) is 2.80. The maximum atomic E-state index is 6.01. The van der Waals surface area contributed by atoms with E-state index in [1.54, 1.807) is 0 Å². The Morgan fingerprint density at radius 2 is 2.24 bits per heavy atom. The summed E-state index contributed by atoms with van der Waals surface area (Å²) >= 11 is 0. The highest BCUT2D eigenvalue weighted by Crippen LogP contribution is 2.21. The Balaban J connectivity index is 2.74. The van der Waals surface area contributed by atoms with Gasteiger partial charge in [-0.2, -0.15) is 0 Å². The fourth-order valence-corrected chi connectivity index (χ4v) is 1.72. The van der Waals surface area contributed by atoms with Crippen LogP contribution < -0.4 is 5.73 Å². The van der Waals surface area contributed by atoms with Crippen LogP contribution in [-0.2, 0) is 4.74 Å². The Hall–Kier alpha value is -1.21. The molecule has 1 heterocycles. The fourth-order valence-electron chi connectivity index (χ4n) is 1.72. The van der Waals surface area contributed by atoms with Gasteiger partial charge >= 0.3 is 0 Å². The molecule has 2 atom stereocenters. The van der Waals surface area contributed by atoms with E-state index >= 15 is 0 Å². The van der Waals surface area contributed by atoms with Crippen LogP contribution in [0.4, 0.5) is 0 Å². The summed E-state index contributed by atoms with van der Waals surface area (Å²) in [4.78, 5) is 6.49. The maximum absolute atomic E-state index is 6.01.